The lowest BCUT2D eigenvalue weighted by Crippen LogP contribution is -2.59. The van der Waals surface area contributed by atoms with Gasteiger partial charge in [-0.3, -0.25) is 15.0 Å². The molecule has 5 nitrogen and oxygen atoms in total. The zero-order chi connectivity index (χ0) is 10.0. The minimum atomic E-state index is -0.224. The SMILES string of the molecule is CCN1C(=O)N(C)C(=O)CC1NC. The Morgan fingerprint density at radius 1 is 1.54 bits per heavy atom. The maximum absolute atomic E-state index is 11.5. The van der Waals surface area contributed by atoms with Crippen LogP contribution in [-0.2, 0) is 4.79 Å². The first-order valence-corrected chi connectivity index (χ1v) is 4.36. The van der Waals surface area contributed by atoms with Gasteiger partial charge in [-0.2, -0.15) is 0 Å². The van der Waals surface area contributed by atoms with Crippen LogP contribution in [0, 0.1) is 0 Å². The van der Waals surface area contributed by atoms with E-state index in [2.05, 4.69) is 5.32 Å². The second kappa shape index (κ2) is 3.74. The maximum atomic E-state index is 11.5. The summed E-state index contributed by atoms with van der Waals surface area (Å²) in [7, 11) is 3.26. The van der Waals surface area contributed by atoms with Gasteiger partial charge in [0.1, 0.15) is 0 Å². The lowest BCUT2D eigenvalue weighted by molar-refractivity contribution is -0.131. The lowest BCUT2D eigenvalue weighted by atomic mass is 10.2. The van der Waals surface area contributed by atoms with E-state index in [9.17, 15) is 9.59 Å². The van der Waals surface area contributed by atoms with Crippen molar-refractivity contribution < 1.29 is 9.59 Å². The Balaban J connectivity index is 2.81. The first kappa shape index (κ1) is 9.98. The van der Waals surface area contributed by atoms with Crippen LogP contribution in [-0.4, -0.2) is 48.5 Å². The molecule has 1 fully saturated rings. The number of nitrogens with one attached hydrogen (secondary N) is 1. The minimum absolute atomic E-state index is 0.131. The monoisotopic (exact) mass is 185 g/mol. The van der Waals surface area contributed by atoms with E-state index >= 15 is 0 Å². The second-order valence-corrected chi connectivity index (χ2v) is 3.03. The fraction of sp³-hybridized carbons (Fsp3) is 0.750. The molecule has 1 aliphatic heterocycles. The largest absolute Gasteiger partial charge is 0.327 e. The number of carbonyl (C=O) groups excluding carboxylic acids is 2. The molecular formula is C8H15N3O2. The molecule has 0 aromatic heterocycles. The van der Waals surface area contributed by atoms with Crippen LogP contribution in [0.4, 0.5) is 4.79 Å². The highest BCUT2D eigenvalue weighted by atomic mass is 16.2. The van der Waals surface area contributed by atoms with E-state index in [1.807, 2.05) is 6.92 Å². The van der Waals surface area contributed by atoms with Crippen molar-refractivity contribution >= 4 is 11.9 Å². The van der Waals surface area contributed by atoms with Crippen molar-refractivity contribution in [1.29, 1.82) is 0 Å². The Labute approximate surface area is 77.7 Å². The molecule has 1 unspecified atom stereocenters. The summed E-state index contributed by atoms with van der Waals surface area (Å²) in [4.78, 5) is 25.6. The number of rotatable bonds is 2. The number of hydrogen-bond acceptors (Lipinski definition) is 3. The average molecular weight is 185 g/mol. The summed E-state index contributed by atoms with van der Waals surface area (Å²) in [6.07, 6.45) is 0.202. The van der Waals surface area contributed by atoms with E-state index in [1.165, 1.54) is 7.05 Å². The van der Waals surface area contributed by atoms with Gasteiger partial charge in [-0.1, -0.05) is 0 Å². The molecule has 0 bridgehead atoms. The maximum Gasteiger partial charge on any atom is 0.327 e. The predicted molar refractivity (Wildman–Crippen MR) is 48.0 cm³/mol. The van der Waals surface area contributed by atoms with Gasteiger partial charge in [0.2, 0.25) is 5.91 Å². The molecule has 1 saturated heterocycles. The normalized spacial score (nSPS) is 24.1. The molecule has 1 heterocycles. The van der Waals surface area contributed by atoms with Crippen LogP contribution >= 0.6 is 0 Å². The average Bonchev–Trinajstić information content (AvgIpc) is 2.13. The first-order valence-electron chi connectivity index (χ1n) is 4.36. The molecule has 0 spiro atoms. The van der Waals surface area contributed by atoms with Gasteiger partial charge in [0.05, 0.1) is 12.6 Å². The summed E-state index contributed by atoms with van der Waals surface area (Å²) in [5, 5.41) is 2.94. The van der Waals surface area contributed by atoms with Crippen molar-refractivity contribution in [3.8, 4) is 0 Å². The van der Waals surface area contributed by atoms with Crippen molar-refractivity contribution in [3.63, 3.8) is 0 Å². The fourth-order valence-electron chi connectivity index (χ4n) is 1.46. The minimum Gasteiger partial charge on any atom is -0.309 e. The highest BCUT2D eigenvalue weighted by Gasteiger charge is 2.34. The Kier molecular flexibility index (Phi) is 2.87. The standard InChI is InChI=1S/C8H15N3O2/c1-4-11-6(9-2)5-7(12)10(3)8(11)13/h6,9H,4-5H2,1-3H3. The quantitative estimate of drug-likeness (QED) is 0.650. The molecular weight excluding hydrogens is 170 g/mol. The highest BCUT2D eigenvalue weighted by molar-refractivity contribution is 5.96. The van der Waals surface area contributed by atoms with Gasteiger partial charge in [-0.25, -0.2) is 4.79 Å². The summed E-state index contributed by atoms with van der Waals surface area (Å²) in [6.45, 7) is 2.51. The third-order valence-corrected chi connectivity index (χ3v) is 2.32. The molecule has 1 rings (SSSR count). The van der Waals surface area contributed by atoms with Crippen molar-refractivity contribution in [2.45, 2.75) is 19.5 Å². The van der Waals surface area contributed by atoms with Gasteiger partial charge >= 0.3 is 6.03 Å². The van der Waals surface area contributed by atoms with Crippen molar-refractivity contribution in [3.05, 3.63) is 0 Å². The van der Waals surface area contributed by atoms with Gasteiger partial charge in [0.25, 0.3) is 0 Å². The Morgan fingerprint density at radius 2 is 2.15 bits per heavy atom. The molecule has 0 aromatic carbocycles. The Morgan fingerprint density at radius 3 is 2.62 bits per heavy atom. The zero-order valence-electron chi connectivity index (χ0n) is 8.20. The van der Waals surface area contributed by atoms with E-state index in [1.54, 1.807) is 11.9 Å². The number of carbonyl (C=O) groups is 2. The molecule has 5 heteroatoms. The van der Waals surface area contributed by atoms with Gasteiger partial charge in [0, 0.05) is 13.6 Å². The molecule has 3 amide bonds. The molecule has 0 aliphatic carbocycles. The molecule has 1 atom stereocenters. The molecule has 0 saturated carbocycles. The molecule has 0 radical (unpaired) electrons. The summed E-state index contributed by atoms with van der Waals surface area (Å²) >= 11 is 0. The summed E-state index contributed by atoms with van der Waals surface area (Å²) in [5.74, 6) is -0.131. The summed E-state index contributed by atoms with van der Waals surface area (Å²) in [5.41, 5.74) is 0. The predicted octanol–water partition coefficient (Wildman–Crippen LogP) is -0.164. The van der Waals surface area contributed by atoms with E-state index in [0.29, 0.717) is 13.0 Å². The van der Waals surface area contributed by atoms with Crippen LogP contribution in [0.3, 0.4) is 0 Å². The smallest absolute Gasteiger partial charge is 0.309 e. The first-order chi connectivity index (χ1) is 6.11. The number of urea groups is 1. The van der Waals surface area contributed by atoms with Crippen molar-refractivity contribution in [1.82, 2.24) is 15.1 Å². The van der Waals surface area contributed by atoms with Crippen molar-refractivity contribution in [2.75, 3.05) is 20.6 Å². The number of hydrogen-bond donors (Lipinski definition) is 1. The summed E-state index contributed by atoms with van der Waals surface area (Å²) < 4.78 is 0. The Hall–Kier alpha value is -1.10. The van der Waals surface area contributed by atoms with Gasteiger partial charge in [-0.15, -0.1) is 0 Å². The van der Waals surface area contributed by atoms with Crippen LogP contribution in [0.1, 0.15) is 13.3 Å². The van der Waals surface area contributed by atoms with Gasteiger partial charge < -0.3 is 4.90 Å². The van der Waals surface area contributed by atoms with E-state index in [-0.39, 0.29) is 18.1 Å². The van der Waals surface area contributed by atoms with Crippen LogP contribution in [0.2, 0.25) is 0 Å². The fourth-order valence-corrected chi connectivity index (χ4v) is 1.46. The topological polar surface area (TPSA) is 52.7 Å². The van der Waals surface area contributed by atoms with Crippen LogP contribution < -0.4 is 5.32 Å². The number of nitrogens with zero attached hydrogens (tertiary/aromatic N) is 2. The number of imide groups is 1. The van der Waals surface area contributed by atoms with Crippen LogP contribution in [0.5, 0.6) is 0 Å². The third-order valence-electron chi connectivity index (χ3n) is 2.32. The van der Waals surface area contributed by atoms with E-state index in [4.69, 9.17) is 0 Å². The van der Waals surface area contributed by atoms with E-state index in [0.717, 1.165) is 4.90 Å². The van der Waals surface area contributed by atoms with Crippen LogP contribution in [0.25, 0.3) is 0 Å². The number of amides is 3. The highest BCUT2D eigenvalue weighted by Crippen LogP contribution is 2.13. The van der Waals surface area contributed by atoms with Crippen molar-refractivity contribution in [2.24, 2.45) is 0 Å². The molecule has 0 aromatic rings. The zero-order valence-corrected chi connectivity index (χ0v) is 8.20. The van der Waals surface area contributed by atoms with Gasteiger partial charge in [-0.05, 0) is 14.0 Å². The third kappa shape index (κ3) is 1.65. The molecule has 1 aliphatic rings. The molecule has 74 valence electrons. The van der Waals surface area contributed by atoms with Crippen LogP contribution in [0.15, 0.2) is 0 Å². The Bertz CT molecular complexity index is 229. The molecule has 13 heavy (non-hydrogen) atoms. The van der Waals surface area contributed by atoms with E-state index < -0.39 is 0 Å². The second-order valence-electron chi connectivity index (χ2n) is 3.03. The van der Waals surface area contributed by atoms with Gasteiger partial charge in [0.15, 0.2) is 0 Å². The molecule has 1 N–H and O–H groups in total. The lowest BCUT2D eigenvalue weighted by Gasteiger charge is -2.37. The summed E-state index contributed by atoms with van der Waals surface area (Å²) in [6, 6.07) is -0.224.